The molecule has 0 aromatic carbocycles. The quantitative estimate of drug-likeness (QED) is 0.177. The molecule has 0 N–H and O–H groups in total. The van der Waals surface area contributed by atoms with Gasteiger partial charge in [-0.2, -0.15) is 0 Å². The molecule has 150 valence electrons. The van der Waals surface area contributed by atoms with Crippen molar-refractivity contribution in [1.29, 1.82) is 0 Å². The SMILES string of the molecule is COCCOCOC1(OC)C=CC(/C=C/C(=O)N2CCSC2=S)C=C1OC. The minimum Gasteiger partial charge on any atom is -0.495 e. The van der Waals surface area contributed by atoms with Crippen molar-refractivity contribution in [3.63, 3.8) is 0 Å². The zero-order valence-electron chi connectivity index (χ0n) is 15.7. The lowest BCUT2D eigenvalue weighted by atomic mass is 9.97. The molecule has 1 amide bonds. The molecule has 1 heterocycles. The van der Waals surface area contributed by atoms with Crippen molar-refractivity contribution in [2.45, 2.75) is 5.79 Å². The van der Waals surface area contributed by atoms with Crippen molar-refractivity contribution in [3.05, 3.63) is 36.1 Å². The number of nitrogens with zero attached hydrogens (tertiary/aromatic N) is 1. The number of methoxy groups -OCH3 is 3. The summed E-state index contributed by atoms with van der Waals surface area (Å²) in [5.41, 5.74) is 0. The van der Waals surface area contributed by atoms with Gasteiger partial charge in [0.2, 0.25) is 5.79 Å². The van der Waals surface area contributed by atoms with Crippen molar-refractivity contribution >= 4 is 34.2 Å². The fourth-order valence-corrected chi connectivity index (χ4v) is 3.77. The number of thioether (sulfide) groups is 1. The van der Waals surface area contributed by atoms with E-state index in [1.807, 2.05) is 12.2 Å². The monoisotopic (exact) mass is 415 g/mol. The van der Waals surface area contributed by atoms with Crippen LogP contribution in [0.3, 0.4) is 0 Å². The standard InChI is InChI=1S/C18H25NO6S2/c1-21-9-10-24-13-25-18(23-3)7-6-14(12-15(18)22-2)4-5-16(20)19-8-11-27-17(19)26/h4-7,12,14H,8-11,13H2,1-3H3/b5-4+. The summed E-state index contributed by atoms with van der Waals surface area (Å²) < 4.78 is 27.6. The highest BCUT2D eigenvalue weighted by Gasteiger charge is 2.37. The van der Waals surface area contributed by atoms with E-state index >= 15 is 0 Å². The van der Waals surface area contributed by atoms with Crippen LogP contribution in [-0.4, -0.2) is 74.5 Å². The normalized spacial score (nSPS) is 25.3. The van der Waals surface area contributed by atoms with Gasteiger partial charge < -0.3 is 23.7 Å². The lowest BCUT2D eigenvalue weighted by molar-refractivity contribution is -0.230. The van der Waals surface area contributed by atoms with Gasteiger partial charge in [0.25, 0.3) is 5.91 Å². The van der Waals surface area contributed by atoms with Crippen molar-refractivity contribution in [2.24, 2.45) is 5.92 Å². The Morgan fingerprint density at radius 2 is 2.22 bits per heavy atom. The van der Waals surface area contributed by atoms with Crippen LogP contribution >= 0.6 is 24.0 Å². The van der Waals surface area contributed by atoms with Crippen LogP contribution in [0.1, 0.15) is 0 Å². The first kappa shape index (κ1) is 22.1. The van der Waals surface area contributed by atoms with E-state index in [9.17, 15) is 4.79 Å². The van der Waals surface area contributed by atoms with Crippen LogP contribution in [0.5, 0.6) is 0 Å². The predicted molar refractivity (Wildman–Crippen MR) is 107 cm³/mol. The Bertz CT molecular complexity index is 621. The number of allylic oxidation sites excluding steroid dienone is 3. The smallest absolute Gasteiger partial charge is 0.251 e. The molecule has 0 aromatic heterocycles. The molecule has 2 aliphatic rings. The Morgan fingerprint density at radius 1 is 1.41 bits per heavy atom. The van der Waals surface area contributed by atoms with Gasteiger partial charge in [-0.15, -0.1) is 0 Å². The zero-order chi connectivity index (χ0) is 19.7. The third-order valence-corrected chi connectivity index (χ3v) is 5.45. The first-order valence-corrected chi connectivity index (χ1v) is 9.83. The van der Waals surface area contributed by atoms with Crippen molar-refractivity contribution < 1.29 is 28.5 Å². The van der Waals surface area contributed by atoms with Crippen LogP contribution < -0.4 is 0 Å². The summed E-state index contributed by atoms with van der Waals surface area (Å²) in [6, 6.07) is 0. The zero-order valence-corrected chi connectivity index (χ0v) is 17.3. The molecule has 1 saturated heterocycles. The second-order valence-electron chi connectivity index (χ2n) is 5.67. The maximum absolute atomic E-state index is 12.2. The number of hydrogen-bond donors (Lipinski definition) is 0. The van der Waals surface area contributed by atoms with Crippen LogP contribution in [0.4, 0.5) is 0 Å². The average Bonchev–Trinajstić information content (AvgIpc) is 3.12. The lowest BCUT2D eigenvalue weighted by Crippen LogP contribution is -2.38. The molecule has 9 heteroatoms. The number of carbonyl (C=O) groups is 1. The van der Waals surface area contributed by atoms with E-state index in [0.29, 0.717) is 29.8 Å². The molecule has 0 radical (unpaired) electrons. The number of carbonyl (C=O) groups excluding carboxylic acids is 1. The second kappa shape index (κ2) is 10.9. The summed E-state index contributed by atoms with van der Waals surface area (Å²) >= 11 is 6.69. The number of rotatable bonds is 10. The minimum absolute atomic E-state index is 0.0192. The molecule has 0 bridgehead atoms. The molecule has 0 spiro atoms. The fourth-order valence-electron chi connectivity index (χ4n) is 2.55. The van der Waals surface area contributed by atoms with Gasteiger partial charge >= 0.3 is 0 Å². The van der Waals surface area contributed by atoms with Gasteiger partial charge in [0, 0.05) is 38.5 Å². The van der Waals surface area contributed by atoms with E-state index in [2.05, 4.69) is 0 Å². The van der Waals surface area contributed by atoms with E-state index in [0.717, 1.165) is 5.75 Å². The molecule has 1 fully saturated rings. The Labute approximate surface area is 169 Å². The maximum Gasteiger partial charge on any atom is 0.251 e. The number of amides is 1. The van der Waals surface area contributed by atoms with Gasteiger partial charge in [-0.1, -0.05) is 36.1 Å². The van der Waals surface area contributed by atoms with Crippen molar-refractivity contribution in [3.8, 4) is 0 Å². The summed E-state index contributed by atoms with van der Waals surface area (Å²) in [5, 5.41) is 0. The first-order valence-electron chi connectivity index (χ1n) is 8.44. The van der Waals surface area contributed by atoms with Crippen LogP contribution in [0.15, 0.2) is 36.1 Å². The highest BCUT2D eigenvalue weighted by atomic mass is 32.2. The third-order valence-electron chi connectivity index (χ3n) is 4.02. The fraction of sp³-hybridized carbons (Fsp3) is 0.556. The molecule has 2 unspecified atom stereocenters. The average molecular weight is 416 g/mol. The minimum atomic E-state index is -1.16. The molecular weight excluding hydrogens is 390 g/mol. The number of thiocarbonyl (C=S) groups is 1. The van der Waals surface area contributed by atoms with E-state index in [4.69, 9.17) is 35.9 Å². The summed E-state index contributed by atoms with van der Waals surface area (Å²) in [5.74, 6) is -0.0813. The van der Waals surface area contributed by atoms with Crippen LogP contribution in [-0.2, 0) is 28.5 Å². The molecule has 1 aliphatic carbocycles. The molecule has 2 atom stereocenters. The summed E-state index contributed by atoms with van der Waals surface area (Å²) in [6.45, 7) is 1.56. The highest BCUT2D eigenvalue weighted by molar-refractivity contribution is 8.23. The summed E-state index contributed by atoms with van der Waals surface area (Å²) in [4.78, 5) is 13.8. The van der Waals surface area contributed by atoms with Gasteiger partial charge in [0.05, 0.1) is 20.3 Å². The molecular formula is C18H25NO6S2. The molecule has 2 rings (SSSR count). The summed E-state index contributed by atoms with van der Waals surface area (Å²) in [7, 11) is 4.67. The van der Waals surface area contributed by atoms with Crippen LogP contribution in [0.25, 0.3) is 0 Å². The van der Waals surface area contributed by atoms with Gasteiger partial charge in [0.1, 0.15) is 4.32 Å². The van der Waals surface area contributed by atoms with Gasteiger partial charge in [0.15, 0.2) is 12.6 Å². The predicted octanol–water partition coefficient (Wildman–Crippen LogP) is 2.10. The Morgan fingerprint density at radius 3 is 2.85 bits per heavy atom. The van der Waals surface area contributed by atoms with Crippen molar-refractivity contribution in [2.75, 3.05) is 53.6 Å². The van der Waals surface area contributed by atoms with Gasteiger partial charge in [-0.25, -0.2) is 0 Å². The molecule has 1 aliphatic heterocycles. The molecule has 27 heavy (non-hydrogen) atoms. The number of ether oxygens (including phenoxy) is 5. The van der Waals surface area contributed by atoms with Crippen LogP contribution in [0, 0.1) is 5.92 Å². The Balaban J connectivity index is 1.99. The number of hydrogen-bond acceptors (Lipinski definition) is 8. The van der Waals surface area contributed by atoms with E-state index in [1.165, 1.54) is 24.9 Å². The Kier molecular flexibility index (Phi) is 8.94. The molecule has 7 nitrogen and oxygen atoms in total. The van der Waals surface area contributed by atoms with E-state index < -0.39 is 5.79 Å². The third kappa shape index (κ3) is 5.87. The molecule has 0 saturated carbocycles. The Hall–Kier alpha value is -1.23. The maximum atomic E-state index is 12.2. The van der Waals surface area contributed by atoms with Gasteiger partial charge in [-0.05, 0) is 12.2 Å². The highest BCUT2D eigenvalue weighted by Crippen LogP contribution is 2.32. The topological polar surface area (TPSA) is 66.5 Å². The first-order chi connectivity index (χ1) is 13.1. The van der Waals surface area contributed by atoms with Gasteiger partial charge in [-0.3, -0.25) is 9.69 Å². The molecule has 0 aromatic rings. The summed E-state index contributed by atoms with van der Waals surface area (Å²) in [6.07, 6.45) is 8.78. The second-order valence-corrected chi connectivity index (χ2v) is 7.40. The van der Waals surface area contributed by atoms with Crippen LogP contribution in [0.2, 0.25) is 0 Å². The van der Waals surface area contributed by atoms with Crippen molar-refractivity contribution in [1.82, 2.24) is 4.90 Å². The van der Waals surface area contributed by atoms with E-state index in [1.54, 1.807) is 31.3 Å². The van der Waals surface area contributed by atoms with E-state index in [-0.39, 0.29) is 18.6 Å². The largest absolute Gasteiger partial charge is 0.495 e. The lowest BCUT2D eigenvalue weighted by Gasteiger charge is -2.33.